The van der Waals surface area contributed by atoms with E-state index in [-0.39, 0.29) is 20.1 Å². The van der Waals surface area contributed by atoms with Crippen LogP contribution in [0.3, 0.4) is 0 Å². The number of halogens is 1. The second-order valence-corrected chi connectivity index (χ2v) is 6.41. The summed E-state index contributed by atoms with van der Waals surface area (Å²) in [6.45, 7) is 1.78. The Balaban J connectivity index is 2.58. The highest BCUT2D eigenvalue weighted by Crippen LogP contribution is 2.27. The van der Waals surface area contributed by atoms with Crippen molar-refractivity contribution in [2.75, 3.05) is 0 Å². The van der Waals surface area contributed by atoms with Crippen LogP contribution in [0.15, 0.2) is 50.8 Å². The van der Waals surface area contributed by atoms with Gasteiger partial charge in [0.25, 0.3) is 0 Å². The second-order valence-electron chi connectivity index (χ2n) is 3.74. The van der Waals surface area contributed by atoms with Gasteiger partial charge >= 0.3 is 0 Å². The van der Waals surface area contributed by atoms with E-state index in [0.29, 0.717) is 0 Å². The molecule has 2 rings (SSSR count). The zero-order valence-corrected chi connectivity index (χ0v) is 11.9. The minimum absolute atomic E-state index is 0.0232. The van der Waals surface area contributed by atoms with E-state index in [2.05, 4.69) is 20.9 Å². The summed E-state index contributed by atoms with van der Waals surface area (Å²) in [6, 6.07) is 8.53. The Kier molecular flexibility index (Phi) is 3.41. The molecule has 1 N–H and O–H groups in total. The molecular formula is C12H10BrNO3S. The molecule has 0 amide bonds. The normalized spacial score (nSPS) is 11.4. The van der Waals surface area contributed by atoms with Gasteiger partial charge in [-0.05, 0) is 59.3 Å². The van der Waals surface area contributed by atoms with Gasteiger partial charge in [-0.3, -0.25) is 0 Å². The Bertz CT molecular complexity index is 681. The van der Waals surface area contributed by atoms with Crippen LogP contribution in [0.5, 0.6) is 5.75 Å². The molecule has 1 aromatic carbocycles. The zero-order valence-electron chi connectivity index (χ0n) is 9.46. The third-order valence-corrected chi connectivity index (χ3v) is 5.06. The number of pyridine rings is 1. The van der Waals surface area contributed by atoms with E-state index in [1.54, 1.807) is 13.0 Å². The summed E-state index contributed by atoms with van der Waals surface area (Å²) in [5.41, 5.74) is 0.728. The Hall–Kier alpha value is -1.40. The van der Waals surface area contributed by atoms with Crippen molar-refractivity contribution in [1.82, 2.24) is 4.98 Å². The maximum absolute atomic E-state index is 12.3. The minimum Gasteiger partial charge on any atom is -0.508 e. The molecule has 0 bridgehead atoms. The molecule has 2 aromatic rings. The van der Waals surface area contributed by atoms with Crippen LogP contribution >= 0.6 is 15.9 Å². The summed E-state index contributed by atoms with van der Waals surface area (Å²) < 4.78 is 24.9. The van der Waals surface area contributed by atoms with Crippen LogP contribution in [-0.2, 0) is 9.84 Å². The van der Waals surface area contributed by atoms with Crippen molar-refractivity contribution in [1.29, 1.82) is 0 Å². The van der Waals surface area contributed by atoms with Crippen LogP contribution in [-0.4, -0.2) is 18.5 Å². The van der Waals surface area contributed by atoms with E-state index in [1.807, 2.05) is 0 Å². The molecule has 0 saturated carbocycles. The number of phenolic OH excluding ortho intramolecular Hbond substituents is 1. The predicted octanol–water partition coefficient (Wildman–Crippen LogP) is 2.69. The van der Waals surface area contributed by atoms with Gasteiger partial charge in [0.2, 0.25) is 9.84 Å². The van der Waals surface area contributed by atoms with Gasteiger partial charge in [0.15, 0.2) is 0 Å². The highest BCUT2D eigenvalue weighted by atomic mass is 79.9. The van der Waals surface area contributed by atoms with Gasteiger partial charge in [0.1, 0.15) is 15.2 Å². The van der Waals surface area contributed by atoms with Crippen LogP contribution in [0.25, 0.3) is 0 Å². The van der Waals surface area contributed by atoms with Crippen LogP contribution in [0.4, 0.5) is 0 Å². The first-order valence-corrected chi connectivity index (χ1v) is 7.36. The van der Waals surface area contributed by atoms with E-state index >= 15 is 0 Å². The molecule has 94 valence electrons. The van der Waals surface area contributed by atoms with Crippen molar-refractivity contribution in [3.8, 4) is 5.75 Å². The lowest BCUT2D eigenvalue weighted by molar-refractivity contribution is 0.475. The first-order valence-electron chi connectivity index (χ1n) is 5.08. The first-order chi connectivity index (χ1) is 8.41. The Morgan fingerprint density at radius 2 is 1.72 bits per heavy atom. The Morgan fingerprint density at radius 1 is 1.11 bits per heavy atom. The lowest BCUT2D eigenvalue weighted by Crippen LogP contribution is -2.04. The predicted molar refractivity (Wildman–Crippen MR) is 70.2 cm³/mol. The topological polar surface area (TPSA) is 67.3 Å². The third-order valence-electron chi connectivity index (χ3n) is 2.39. The van der Waals surface area contributed by atoms with Crippen LogP contribution in [0.2, 0.25) is 0 Å². The van der Waals surface area contributed by atoms with Gasteiger partial charge in [0.05, 0.1) is 4.90 Å². The van der Waals surface area contributed by atoms with Gasteiger partial charge in [0, 0.05) is 5.69 Å². The quantitative estimate of drug-likeness (QED) is 0.861. The number of sulfone groups is 1. The number of phenols is 1. The molecular weight excluding hydrogens is 318 g/mol. The van der Waals surface area contributed by atoms with Crippen molar-refractivity contribution < 1.29 is 13.5 Å². The minimum atomic E-state index is -3.62. The van der Waals surface area contributed by atoms with Crippen LogP contribution in [0.1, 0.15) is 5.69 Å². The third kappa shape index (κ3) is 2.39. The molecule has 6 heteroatoms. The molecule has 0 radical (unpaired) electrons. The molecule has 1 aromatic heterocycles. The van der Waals surface area contributed by atoms with E-state index < -0.39 is 9.84 Å². The highest BCUT2D eigenvalue weighted by Gasteiger charge is 2.21. The number of nitrogens with zero attached hydrogens (tertiary/aromatic N) is 1. The van der Waals surface area contributed by atoms with E-state index in [9.17, 15) is 8.42 Å². The van der Waals surface area contributed by atoms with Gasteiger partial charge in [-0.1, -0.05) is 0 Å². The van der Waals surface area contributed by atoms with Gasteiger partial charge in [-0.2, -0.15) is 0 Å². The number of rotatable bonds is 2. The smallest absolute Gasteiger partial charge is 0.209 e. The van der Waals surface area contributed by atoms with Crippen molar-refractivity contribution in [2.24, 2.45) is 0 Å². The van der Waals surface area contributed by atoms with Gasteiger partial charge in [-0.25, -0.2) is 13.4 Å². The van der Waals surface area contributed by atoms with Gasteiger partial charge < -0.3 is 5.11 Å². The van der Waals surface area contributed by atoms with Crippen molar-refractivity contribution >= 4 is 25.8 Å². The molecule has 1 heterocycles. The largest absolute Gasteiger partial charge is 0.508 e. The second kappa shape index (κ2) is 4.70. The molecule has 0 aliphatic rings. The average molecular weight is 328 g/mol. The van der Waals surface area contributed by atoms with Crippen molar-refractivity contribution in [2.45, 2.75) is 16.7 Å². The Morgan fingerprint density at radius 3 is 2.28 bits per heavy atom. The number of benzene rings is 1. The van der Waals surface area contributed by atoms with Crippen molar-refractivity contribution in [3.05, 3.63) is 46.7 Å². The molecule has 0 aliphatic heterocycles. The summed E-state index contributed by atoms with van der Waals surface area (Å²) in [4.78, 5) is 4.30. The number of hydrogen-bond donors (Lipinski definition) is 1. The number of aromatic hydroxyl groups is 1. The fourth-order valence-corrected chi connectivity index (χ4v) is 3.78. The number of aryl methyl sites for hydroxylation is 1. The Labute approximate surface area is 113 Å². The molecule has 0 spiro atoms. The molecule has 18 heavy (non-hydrogen) atoms. The summed E-state index contributed by atoms with van der Waals surface area (Å²) in [5, 5.41) is 9.17. The van der Waals surface area contributed by atoms with Crippen molar-refractivity contribution in [3.63, 3.8) is 0 Å². The summed E-state index contributed by atoms with van der Waals surface area (Å²) >= 11 is 3.16. The summed E-state index contributed by atoms with van der Waals surface area (Å²) in [6.07, 6.45) is 0. The fraction of sp³-hybridized carbons (Fsp3) is 0.0833. The van der Waals surface area contributed by atoms with Crippen LogP contribution in [0, 0.1) is 6.92 Å². The average Bonchev–Trinajstić information content (AvgIpc) is 2.29. The standard InChI is InChI=1S/C12H10BrNO3S/c1-8-2-7-11(12(13)14-8)18(16,17)10-5-3-9(15)4-6-10/h2-7,15H,1H3. The number of hydrogen-bond acceptors (Lipinski definition) is 4. The van der Waals surface area contributed by atoms with Crippen LogP contribution < -0.4 is 0 Å². The molecule has 0 aliphatic carbocycles. The SMILES string of the molecule is Cc1ccc(S(=O)(=O)c2ccc(O)cc2)c(Br)n1. The maximum Gasteiger partial charge on any atom is 0.209 e. The van der Waals surface area contributed by atoms with E-state index in [1.165, 1.54) is 30.3 Å². The first kappa shape index (κ1) is 13.0. The molecule has 0 atom stereocenters. The fourth-order valence-electron chi connectivity index (χ4n) is 1.46. The molecule has 0 unspecified atom stereocenters. The van der Waals surface area contributed by atoms with E-state index in [0.717, 1.165) is 5.69 Å². The van der Waals surface area contributed by atoms with E-state index in [4.69, 9.17) is 5.11 Å². The molecule has 0 fully saturated rings. The lowest BCUT2D eigenvalue weighted by Gasteiger charge is -2.07. The summed E-state index contributed by atoms with van der Waals surface area (Å²) in [7, 11) is -3.62. The maximum atomic E-state index is 12.3. The lowest BCUT2D eigenvalue weighted by atomic mass is 10.3. The highest BCUT2D eigenvalue weighted by molar-refractivity contribution is 9.10. The zero-order chi connectivity index (χ0) is 13.3. The van der Waals surface area contributed by atoms with Gasteiger partial charge in [-0.15, -0.1) is 0 Å². The molecule has 0 saturated heterocycles. The monoisotopic (exact) mass is 327 g/mol. The summed E-state index contributed by atoms with van der Waals surface area (Å²) in [5.74, 6) is 0.0232. The molecule has 4 nitrogen and oxygen atoms in total. The number of aromatic nitrogens is 1.